The molecule has 2 aromatic rings. The number of rotatable bonds is 3. The number of carbonyl (C=O) groups is 1. The Balaban J connectivity index is 2.24. The van der Waals surface area contributed by atoms with Crippen molar-refractivity contribution in [2.24, 2.45) is 10.9 Å². The third-order valence-corrected chi connectivity index (χ3v) is 2.39. The number of carbonyl (C=O) groups excluding carboxylic acids is 1. The molecular formula is C12H12N4O2. The fourth-order valence-corrected chi connectivity index (χ4v) is 1.61. The van der Waals surface area contributed by atoms with Crippen LogP contribution in [0.2, 0.25) is 0 Å². The van der Waals surface area contributed by atoms with Gasteiger partial charge in [-0.15, -0.1) is 0 Å². The van der Waals surface area contributed by atoms with Crippen LogP contribution >= 0.6 is 0 Å². The van der Waals surface area contributed by atoms with Crippen molar-refractivity contribution in [2.45, 2.75) is 6.42 Å². The maximum atomic E-state index is 11.6. The summed E-state index contributed by atoms with van der Waals surface area (Å²) in [5, 5.41) is 14.7. The molecular weight excluding hydrogens is 232 g/mol. The van der Waals surface area contributed by atoms with Crippen molar-refractivity contribution in [3.05, 3.63) is 36.5 Å². The molecule has 4 N–H and O–H groups in total. The molecule has 0 saturated carbocycles. The number of nitrogens with one attached hydrogen (secondary N) is 1. The fourth-order valence-electron chi connectivity index (χ4n) is 1.61. The van der Waals surface area contributed by atoms with Gasteiger partial charge >= 0.3 is 0 Å². The number of fused-ring (bicyclic) bond motifs is 1. The van der Waals surface area contributed by atoms with Crippen molar-refractivity contribution >= 4 is 28.3 Å². The Bertz CT molecular complexity index is 605. The highest BCUT2D eigenvalue weighted by Crippen LogP contribution is 2.21. The zero-order valence-electron chi connectivity index (χ0n) is 9.50. The average Bonchev–Trinajstić information content (AvgIpc) is 2.39. The minimum Gasteiger partial charge on any atom is -0.409 e. The van der Waals surface area contributed by atoms with E-state index in [1.807, 2.05) is 12.1 Å². The van der Waals surface area contributed by atoms with Gasteiger partial charge in [-0.05, 0) is 24.3 Å². The molecule has 0 aliphatic rings. The smallest absolute Gasteiger partial charge is 0.232 e. The number of amides is 1. The van der Waals surface area contributed by atoms with E-state index in [4.69, 9.17) is 10.9 Å². The third kappa shape index (κ3) is 2.54. The SMILES string of the molecule is N/C(CC(=O)Nc1cccc2ncccc12)=N\O. The Hall–Kier alpha value is -2.63. The van der Waals surface area contributed by atoms with E-state index in [0.29, 0.717) is 5.69 Å². The van der Waals surface area contributed by atoms with Crippen LogP contribution in [0.25, 0.3) is 10.9 Å². The molecule has 1 heterocycles. The predicted molar refractivity (Wildman–Crippen MR) is 68.4 cm³/mol. The molecule has 6 nitrogen and oxygen atoms in total. The Labute approximate surface area is 103 Å². The standard InChI is InChI=1S/C12H12N4O2/c13-11(16-18)7-12(17)15-10-5-1-4-9-8(10)3-2-6-14-9/h1-6,18H,7H2,(H2,13,16)(H,15,17). The summed E-state index contributed by atoms with van der Waals surface area (Å²) in [6.07, 6.45) is 1.53. The number of hydrogen-bond donors (Lipinski definition) is 3. The number of benzene rings is 1. The molecule has 0 bridgehead atoms. The summed E-state index contributed by atoms with van der Waals surface area (Å²) in [6.45, 7) is 0. The van der Waals surface area contributed by atoms with Crippen LogP contribution in [-0.4, -0.2) is 21.9 Å². The highest BCUT2D eigenvalue weighted by molar-refractivity contribution is 6.08. The lowest BCUT2D eigenvalue weighted by Gasteiger charge is -2.07. The summed E-state index contributed by atoms with van der Waals surface area (Å²) in [5.74, 6) is -0.479. The molecule has 6 heteroatoms. The lowest BCUT2D eigenvalue weighted by molar-refractivity contribution is -0.115. The minimum absolute atomic E-state index is 0.133. The topological polar surface area (TPSA) is 101 Å². The van der Waals surface area contributed by atoms with Gasteiger partial charge in [0, 0.05) is 11.6 Å². The average molecular weight is 244 g/mol. The van der Waals surface area contributed by atoms with E-state index in [9.17, 15) is 4.79 Å². The summed E-state index contributed by atoms with van der Waals surface area (Å²) in [7, 11) is 0. The third-order valence-electron chi connectivity index (χ3n) is 2.39. The largest absolute Gasteiger partial charge is 0.409 e. The number of oxime groups is 1. The summed E-state index contributed by atoms with van der Waals surface area (Å²) >= 11 is 0. The van der Waals surface area contributed by atoms with Crippen LogP contribution in [0.1, 0.15) is 6.42 Å². The van der Waals surface area contributed by atoms with Crippen LogP contribution in [0.4, 0.5) is 5.69 Å². The summed E-state index contributed by atoms with van der Waals surface area (Å²) in [4.78, 5) is 15.8. The maximum Gasteiger partial charge on any atom is 0.232 e. The number of pyridine rings is 1. The van der Waals surface area contributed by atoms with Gasteiger partial charge in [0.05, 0.1) is 17.6 Å². The molecule has 0 saturated heterocycles. The monoisotopic (exact) mass is 244 g/mol. The Kier molecular flexibility index (Phi) is 3.38. The van der Waals surface area contributed by atoms with Crippen molar-refractivity contribution < 1.29 is 10.0 Å². The fraction of sp³-hybridized carbons (Fsp3) is 0.0833. The molecule has 0 unspecified atom stereocenters. The van der Waals surface area contributed by atoms with Gasteiger partial charge in [0.15, 0.2) is 0 Å². The first-order chi connectivity index (χ1) is 8.70. The van der Waals surface area contributed by atoms with E-state index >= 15 is 0 Å². The van der Waals surface area contributed by atoms with Gasteiger partial charge in [-0.1, -0.05) is 11.2 Å². The van der Waals surface area contributed by atoms with Gasteiger partial charge in [0.2, 0.25) is 5.91 Å². The maximum absolute atomic E-state index is 11.6. The second kappa shape index (κ2) is 5.13. The van der Waals surface area contributed by atoms with Gasteiger partial charge in [-0.2, -0.15) is 0 Å². The van der Waals surface area contributed by atoms with Crippen LogP contribution in [-0.2, 0) is 4.79 Å². The van der Waals surface area contributed by atoms with Crippen LogP contribution in [0.15, 0.2) is 41.7 Å². The van der Waals surface area contributed by atoms with Crippen LogP contribution < -0.4 is 11.1 Å². The van der Waals surface area contributed by atoms with E-state index in [-0.39, 0.29) is 18.2 Å². The van der Waals surface area contributed by atoms with Crippen molar-refractivity contribution in [3.8, 4) is 0 Å². The molecule has 1 amide bonds. The number of amidine groups is 1. The molecule has 0 aliphatic carbocycles. The molecule has 0 fully saturated rings. The minimum atomic E-state index is -0.346. The highest BCUT2D eigenvalue weighted by atomic mass is 16.4. The number of nitrogens with two attached hydrogens (primary N) is 1. The van der Waals surface area contributed by atoms with Gasteiger partial charge in [-0.3, -0.25) is 9.78 Å². The second-order valence-corrected chi connectivity index (χ2v) is 3.69. The Morgan fingerprint density at radius 3 is 3.00 bits per heavy atom. The molecule has 0 spiro atoms. The Morgan fingerprint density at radius 1 is 1.39 bits per heavy atom. The number of anilines is 1. The van der Waals surface area contributed by atoms with Gasteiger partial charge < -0.3 is 16.3 Å². The first kappa shape index (κ1) is 11.8. The normalized spacial score (nSPS) is 11.4. The lowest BCUT2D eigenvalue weighted by Crippen LogP contribution is -2.22. The summed E-state index contributed by atoms with van der Waals surface area (Å²) in [5.41, 5.74) is 6.71. The zero-order chi connectivity index (χ0) is 13.0. The van der Waals surface area contributed by atoms with Crippen molar-refractivity contribution in [1.29, 1.82) is 0 Å². The lowest BCUT2D eigenvalue weighted by atomic mass is 10.2. The zero-order valence-corrected chi connectivity index (χ0v) is 9.50. The summed E-state index contributed by atoms with van der Waals surface area (Å²) < 4.78 is 0. The highest BCUT2D eigenvalue weighted by Gasteiger charge is 2.07. The molecule has 0 radical (unpaired) electrons. The molecule has 2 rings (SSSR count). The molecule has 1 aromatic heterocycles. The van der Waals surface area contributed by atoms with Crippen LogP contribution in [0.5, 0.6) is 0 Å². The molecule has 0 atom stereocenters. The molecule has 18 heavy (non-hydrogen) atoms. The molecule has 1 aromatic carbocycles. The quantitative estimate of drug-likeness (QED) is 0.328. The Morgan fingerprint density at radius 2 is 2.22 bits per heavy atom. The van der Waals surface area contributed by atoms with Crippen LogP contribution in [0, 0.1) is 0 Å². The first-order valence-electron chi connectivity index (χ1n) is 5.30. The van der Waals surface area contributed by atoms with E-state index in [1.165, 1.54) is 0 Å². The second-order valence-electron chi connectivity index (χ2n) is 3.69. The molecule has 92 valence electrons. The number of nitrogens with zero attached hydrogens (tertiary/aromatic N) is 2. The summed E-state index contributed by atoms with van der Waals surface area (Å²) in [6, 6.07) is 9.08. The van der Waals surface area contributed by atoms with Crippen LogP contribution in [0.3, 0.4) is 0 Å². The predicted octanol–water partition coefficient (Wildman–Crippen LogP) is 1.31. The van der Waals surface area contributed by atoms with E-state index in [0.717, 1.165) is 10.9 Å². The first-order valence-corrected chi connectivity index (χ1v) is 5.30. The number of hydrogen-bond acceptors (Lipinski definition) is 4. The van der Waals surface area contributed by atoms with Gasteiger partial charge in [0.25, 0.3) is 0 Å². The van der Waals surface area contributed by atoms with E-state index in [1.54, 1.807) is 24.4 Å². The van der Waals surface area contributed by atoms with Crippen molar-refractivity contribution in [1.82, 2.24) is 4.98 Å². The molecule has 0 aliphatic heterocycles. The van der Waals surface area contributed by atoms with Gasteiger partial charge in [0.1, 0.15) is 5.84 Å². The van der Waals surface area contributed by atoms with Crippen molar-refractivity contribution in [2.75, 3.05) is 5.32 Å². The van der Waals surface area contributed by atoms with E-state index in [2.05, 4.69) is 15.5 Å². The van der Waals surface area contributed by atoms with Crippen molar-refractivity contribution in [3.63, 3.8) is 0 Å². The number of aromatic nitrogens is 1. The van der Waals surface area contributed by atoms with E-state index < -0.39 is 0 Å². The van der Waals surface area contributed by atoms with Gasteiger partial charge in [-0.25, -0.2) is 0 Å².